The summed E-state index contributed by atoms with van der Waals surface area (Å²) in [6, 6.07) is 0. The third kappa shape index (κ3) is 523. The van der Waals surface area contributed by atoms with Crippen molar-refractivity contribution in [2.75, 3.05) is 0 Å². The van der Waals surface area contributed by atoms with Crippen molar-refractivity contribution in [3.8, 4) is 0 Å². The van der Waals surface area contributed by atoms with E-state index in [1.807, 2.05) is 0 Å². The molecule has 0 aliphatic carbocycles. The minimum atomic E-state index is -1.75. The fourth-order valence-electron chi connectivity index (χ4n) is 0. The second-order valence-corrected chi connectivity index (χ2v) is 0.447. The van der Waals surface area contributed by atoms with Gasteiger partial charge in [0.1, 0.15) is 0 Å². The minimum absolute atomic E-state index is 0. The van der Waals surface area contributed by atoms with Crippen molar-refractivity contribution in [3.05, 3.63) is 30.6 Å². The van der Waals surface area contributed by atoms with Crippen LogP contribution >= 0.6 is 0 Å². The summed E-state index contributed by atoms with van der Waals surface area (Å²) in [5, 5.41) is 29.5. The van der Waals surface area contributed by atoms with Crippen molar-refractivity contribution in [3.63, 3.8) is 0 Å². The Kier molecular flexibility index (Phi) is 210. The molecule has 0 fully saturated rings. The molecule has 1 radical (unpaired) electrons. The molecule has 0 rings (SSSR count). The molecule has 0 bridgehead atoms. The van der Waals surface area contributed by atoms with Crippen LogP contribution in [-0.4, -0.2) is 32.1 Å². The zero-order valence-corrected chi connectivity index (χ0v) is 6.72. The van der Waals surface area contributed by atoms with Gasteiger partial charge in [0, 0.05) is 0 Å². The molecule has 87 valence electrons. The Balaban J connectivity index is -0.00000000800. The molecule has 0 saturated carbocycles. The van der Waals surface area contributed by atoms with Crippen LogP contribution in [0.15, 0.2) is 0 Å². The molecule has 0 amide bonds. The van der Waals surface area contributed by atoms with E-state index in [0.29, 0.717) is 0 Å². The molecule has 13 heavy (non-hydrogen) atoms. The van der Waals surface area contributed by atoms with Crippen LogP contribution in [0, 0.1) is 30.6 Å². The summed E-state index contributed by atoms with van der Waals surface area (Å²) in [7, 11) is 0. The van der Waals surface area contributed by atoms with Crippen LogP contribution in [0.2, 0.25) is 0 Å². The molecule has 0 aliphatic rings. The van der Waals surface area contributed by atoms with Gasteiger partial charge in [-0.25, -0.2) is 0 Å². The van der Waals surface area contributed by atoms with Gasteiger partial charge in [0.2, 0.25) is 0 Å². The fraction of sp³-hybridized carbons (Fsp3) is 0. The van der Waals surface area contributed by atoms with Crippen molar-refractivity contribution in [2.24, 2.45) is 0 Å². The van der Waals surface area contributed by atoms with Crippen LogP contribution in [0.4, 0.5) is 0 Å². The Morgan fingerprint density at radius 2 is 0.615 bits per heavy atom. The first-order valence-corrected chi connectivity index (χ1v) is 1.10. The Bertz CT molecular complexity index is 70.9. The van der Waals surface area contributed by atoms with Crippen molar-refractivity contribution < 1.29 is 48.9 Å². The van der Waals surface area contributed by atoms with Gasteiger partial charge < -0.3 is 52.5 Å². The number of nitrogens with zero attached hydrogens (tertiary/aromatic N) is 2. The first kappa shape index (κ1) is 60.2. The van der Waals surface area contributed by atoms with E-state index in [1.165, 1.54) is 0 Å². The summed E-state index contributed by atoms with van der Waals surface area (Å²) in [6.45, 7) is 0. The molecular formula is H8CoN2O10. The van der Waals surface area contributed by atoms with Gasteiger partial charge in [0.15, 0.2) is 0 Å². The molecule has 13 heteroatoms. The Labute approximate surface area is 80.4 Å². The summed E-state index contributed by atoms with van der Waals surface area (Å²) in [4.78, 5) is 16.5. The smallest absolute Gasteiger partial charge is 0.412 e. The Morgan fingerprint density at radius 1 is 0.615 bits per heavy atom. The van der Waals surface area contributed by atoms with E-state index in [-0.39, 0.29) is 38.7 Å². The van der Waals surface area contributed by atoms with Crippen molar-refractivity contribution in [1.82, 2.24) is 0 Å². The minimum Gasteiger partial charge on any atom is -0.412 e. The molecule has 0 aromatic carbocycles. The summed E-state index contributed by atoms with van der Waals surface area (Å²) < 4.78 is 0. The summed E-state index contributed by atoms with van der Waals surface area (Å²) >= 11 is 0. The van der Waals surface area contributed by atoms with Crippen molar-refractivity contribution in [2.45, 2.75) is 0 Å². The third-order valence-electron chi connectivity index (χ3n) is 0. The van der Waals surface area contributed by atoms with E-state index in [4.69, 9.17) is 30.6 Å². The molecule has 0 aliphatic heterocycles. The van der Waals surface area contributed by atoms with E-state index >= 15 is 0 Å². The SMILES string of the molecule is O.O.O.O.O=[N+]([O-])[O-].O=[N+]([O-])[O-].[Co+2]. The average Bonchev–Trinajstić information content (AvgIpc) is 1.25. The monoisotopic (exact) mass is 255 g/mol. The Morgan fingerprint density at radius 3 is 0.615 bits per heavy atom. The largest absolute Gasteiger partial charge is 2.00 e. The molecule has 8 N–H and O–H groups in total. The van der Waals surface area contributed by atoms with Crippen LogP contribution in [0.1, 0.15) is 0 Å². The molecule has 12 nitrogen and oxygen atoms in total. The van der Waals surface area contributed by atoms with E-state index in [0.717, 1.165) is 0 Å². The fourth-order valence-corrected chi connectivity index (χ4v) is 0. The summed E-state index contributed by atoms with van der Waals surface area (Å²) in [5.41, 5.74) is 0. The summed E-state index contributed by atoms with van der Waals surface area (Å²) in [6.07, 6.45) is 0. The zero-order valence-electron chi connectivity index (χ0n) is 5.68. The molecule has 0 aromatic heterocycles. The summed E-state index contributed by atoms with van der Waals surface area (Å²) in [5.74, 6) is 0. The van der Waals surface area contributed by atoms with Crippen LogP contribution in [0.25, 0.3) is 0 Å². The van der Waals surface area contributed by atoms with E-state index in [2.05, 4.69) is 0 Å². The van der Waals surface area contributed by atoms with Gasteiger partial charge in [-0.15, -0.1) is 0 Å². The molecule has 0 aromatic rings. The number of hydrogen-bond acceptors (Lipinski definition) is 6. The predicted octanol–water partition coefficient (Wildman–Crippen LogP) is -3.78. The van der Waals surface area contributed by atoms with Gasteiger partial charge in [0.25, 0.3) is 0 Å². The molecule has 0 spiro atoms. The van der Waals surface area contributed by atoms with Gasteiger partial charge in [0.05, 0.1) is 10.2 Å². The van der Waals surface area contributed by atoms with Crippen LogP contribution < -0.4 is 0 Å². The molecule has 0 atom stereocenters. The van der Waals surface area contributed by atoms with Crippen molar-refractivity contribution >= 4 is 0 Å². The van der Waals surface area contributed by atoms with Crippen LogP contribution in [-0.2, 0) is 16.8 Å². The van der Waals surface area contributed by atoms with Crippen LogP contribution in [0.3, 0.4) is 0 Å². The van der Waals surface area contributed by atoms with Gasteiger partial charge in [-0.1, -0.05) is 0 Å². The predicted molar refractivity (Wildman–Crippen MR) is 35.2 cm³/mol. The molecule has 0 heterocycles. The maximum atomic E-state index is 8.25. The first-order valence-electron chi connectivity index (χ1n) is 1.10. The number of rotatable bonds is 0. The maximum Gasteiger partial charge on any atom is 2.00 e. The first-order chi connectivity index (χ1) is 3.46. The maximum absolute atomic E-state index is 8.25. The Hall–Kier alpha value is -1.25. The van der Waals surface area contributed by atoms with Gasteiger partial charge in [-0.3, -0.25) is 0 Å². The quantitative estimate of drug-likeness (QED) is 0.309. The zero-order chi connectivity index (χ0) is 7.15. The van der Waals surface area contributed by atoms with Crippen LogP contribution in [0.5, 0.6) is 0 Å². The molecule has 0 saturated heterocycles. The van der Waals surface area contributed by atoms with E-state index in [9.17, 15) is 0 Å². The molecule has 0 unspecified atom stereocenters. The molecular weight excluding hydrogens is 247 g/mol. The normalized spacial score (nSPS) is 3.69. The third-order valence-corrected chi connectivity index (χ3v) is 0. The second-order valence-electron chi connectivity index (χ2n) is 0.447. The van der Waals surface area contributed by atoms with E-state index in [1.54, 1.807) is 0 Å². The van der Waals surface area contributed by atoms with Gasteiger partial charge in [-0.05, 0) is 0 Å². The van der Waals surface area contributed by atoms with Crippen molar-refractivity contribution in [1.29, 1.82) is 0 Å². The van der Waals surface area contributed by atoms with Gasteiger partial charge >= 0.3 is 16.8 Å². The van der Waals surface area contributed by atoms with Gasteiger partial charge in [-0.2, -0.15) is 0 Å². The topological polar surface area (TPSA) is 258 Å². The van der Waals surface area contributed by atoms with E-state index < -0.39 is 10.2 Å². The second kappa shape index (κ2) is 45.3. The standard InChI is InChI=1S/Co.2NO3.4H2O/c;2*2-1(3)4;;;;/h;;;4*1H2/q+2;2*-1;;;;. The average molecular weight is 255 g/mol. The number of hydrogen-bond donors (Lipinski definition) is 0.